The van der Waals surface area contributed by atoms with Crippen molar-refractivity contribution in [3.63, 3.8) is 0 Å². The number of hydrogen-bond donors (Lipinski definition) is 0. The van der Waals surface area contributed by atoms with E-state index in [9.17, 15) is 0 Å². The van der Waals surface area contributed by atoms with E-state index in [4.69, 9.17) is 15.9 Å². The third-order valence-electron chi connectivity index (χ3n) is 3.85. The number of thiazole rings is 1. The third kappa shape index (κ3) is 3.50. The Bertz CT molecular complexity index is 698. The molecule has 116 valence electrons. The van der Waals surface area contributed by atoms with Gasteiger partial charge in [0.05, 0.1) is 12.0 Å². The molecule has 4 nitrogen and oxygen atoms in total. The lowest BCUT2D eigenvalue weighted by Gasteiger charge is -2.24. The van der Waals surface area contributed by atoms with Crippen LogP contribution >= 0.6 is 11.3 Å². The fraction of sp³-hybridized carbons (Fsp3) is 0.529. The number of ether oxygens (including phenoxy) is 2. The third-order valence-corrected chi connectivity index (χ3v) is 4.73. The number of terminal acetylenes is 1. The minimum absolute atomic E-state index is 0.303. The highest BCUT2D eigenvalue weighted by atomic mass is 32.1. The molecule has 2 aromatic rings. The van der Waals surface area contributed by atoms with E-state index >= 15 is 0 Å². The smallest absolute Gasteiger partial charge is 0.275 e. The van der Waals surface area contributed by atoms with Gasteiger partial charge >= 0.3 is 0 Å². The van der Waals surface area contributed by atoms with Crippen LogP contribution in [0.15, 0.2) is 12.1 Å². The zero-order valence-corrected chi connectivity index (χ0v) is 13.8. The van der Waals surface area contributed by atoms with E-state index in [2.05, 4.69) is 15.9 Å². The minimum Gasteiger partial charge on any atom is -0.477 e. The van der Waals surface area contributed by atoms with Crippen LogP contribution in [-0.4, -0.2) is 23.2 Å². The van der Waals surface area contributed by atoms with E-state index in [0.717, 1.165) is 17.0 Å². The average molecular weight is 316 g/mol. The molecule has 0 unspecified atom stereocenters. The molecule has 0 atom stereocenters. The van der Waals surface area contributed by atoms with Gasteiger partial charge in [0, 0.05) is 6.07 Å². The summed E-state index contributed by atoms with van der Waals surface area (Å²) in [4.78, 5) is 9.76. The molecule has 2 heterocycles. The Morgan fingerprint density at radius 3 is 2.82 bits per heavy atom. The highest BCUT2D eigenvalue weighted by Crippen LogP contribution is 2.30. The SMILES string of the molecule is C#CC(C)(C)COc1nc2ccc(OCC3CCC3)nc2s1. The van der Waals surface area contributed by atoms with Crippen molar-refractivity contribution in [3.8, 4) is 23.4 Å². The van der Waals surface area contributed by atoms with Crippen LogP contribution in [0.1, 0.15) is 33.1 Å². The number of rotatable bonds is 6. The van der Waals surface area contributed by atoms with Gasteiger partial charge in [-0.25, -0.2) is 9.97 Å². The monoisotopic (exact) mass is 316 g/mol. The summed E-state index contributed by atoms with van der Waals surface area (Å²) >= 11 is 1.42. The van der Waals surface area contributed by atoms with Crippen molar-refractivity contribution in [3.05, 3.63) is 12.1 Å². The van der Waals surface area contributed by atoms with Crippen molar-refractivity contribution in [2.45, 2.75) is 33.1 Å². The molecule has 1 saturated carbocycles. The minimum atomic E-state index is -0.303. The summed E-state index contributed by atoms with van der Waals surface area (Å²) in [5.74, 6) is 4.07. The fourth-order valence-electron chi connectivity index (χ4n) is 2.07. The van der Waals surface area contributed by atoms with Crippen LogP contribution in [0.4, 0.5) is 0 Å². The van der Waals surface area contributed by atoms with Gasteiger partial charge in [0.25, 0.3) is 5.19 Å². The molecule has 2 aromatic heterocycles. The van der Waals surface area contributed by atoms with Gasteiger partial charge in [0.15, 0.2) is 4.83 Å². The predicted octanol–water partition coefficient (Wildman–Crippen LogP) is 3.91. The average Bonchev–Trinajstić information content (AvgIpc) is 2.86. The molecule has 1 fully saturated rings. The molecule has 1 aliphatic rings. The van der Waals surface area contributed by atoms with Crippen LogP contribution in [0, 0.1) is 23.7 Å². The van der Waals surface area contributed by atoms with E-state index in [1.54, 1.807) is 0 Å². The lowest BCUT2D eigenvalue weighted by molar-refractivity contribution is 0.176. The molecule has 5 heteroatoms. The van der Waals surface area contributed by atoms with Crippen LogP contribution in [0.3, 0.4) is 0 Å². The number of fused-ring (bicyclic) bond motifs is 1. The van der Waals surface area contributed by atoms with Gasteiger partial charge in [-0.2, -0.15) is 0 Å². The first-order chi connectivity index (χ1) is 10.6. The lowest BCUT2D eigenvalue weighted by atomic mass is 9.86. The second-order valence-corrected chi connectivity index (χ2v) is 7.32. The van der Waals surface area contributed by atoms with Gasteiger partial charge in [-0.15, -0.1) is 6.42 Å². The van der Waals surface area contributed by atoms with Gasteiger partial charge < -0.3 is 9.47 Å². The van der Waals surface area contributed by atoms with E-state index in [1.807, 2.05) is 26.0 Å². The van der Waals surface area contributed by atoms with Crippen molar-refractivity contribution in [2.75, 3.05) is 13.2 Å². The highest BCUT2D eigenvalue weighted by molar-refractivity contribution is 7.19. The molecule has 0 amide bonds. The van der Waals surface area contributed by atoms with Gasteiger partial charge in [-0.1, -0.05) is 23.7 Å². The van der Waals surface area contributed by atoms with Crippen molar-refractivity contribution in [2.24, 2.45) is 11.3 Å². The maximum Gasteiger partial charge on any atom is 0.275 e. The predicted molar refractivity (Wildman–Crippen MR) is 88.4 cm³/mol. The summed E-state index contributed by atoms with van der Waals surface area (Å²) < 4.78 is 11.5. The summed E-state index contributed by atoms with van der Waals surface area (Å²) in [6.45, 7) is 5.13. The lowest BCUT2D eigenvalue weighted by Crippen LogP contribution is -2.19. The maximum absolute atomic E-state index is 5.76. The Hall–Kier alpha value is -1.80. The molecule has 1 aliphatic carbocycles. The van der Waals surface area contributed by atoms with Crippen molar-refractivity contribution >= 4 is 21.7 Å². The summed E-state index contributed by atoms with van der Waals surface area (Å²) in [7, 11) is 0. The van der Waals surface area contributed by atoms with E-state index in [1.165, 1.54) is 30.6 Å². The molecule has 22 heavy (non-hydrogen) atoms. The summed E-state index contributed by atoms with van der Waals surface area (Å²) in [5, 5.41) is 0.599. The molecule has 0 spiro atoms. The standard InChI is InChI=1S/C17H20N2O2S/c1-4-17(2,3)11-21-16-18-13-8-9-14(19-15(13)22-16)20-10-12-6-5-7-12/h1,8-9,12H,5-7,10-11H2,2-3H3. The first-order valence-corrected chi connectivity index (χ1v) is 8.38. The van der Waals surface area contributed by atoms with Crippen LogP contribution in [0.25, 0.3) is 10.3 Å². The van der Waals surface area contributed by atoms with Crippen molar-refractivity contribution < 1.29 is 9.47 Å². The molecule has 0 bridgehead atoms. The zero-order valence-electron chi connectivity index (χ0n) is 13.0. The fourth-order valence-corrected chi connectivity index (χ4v) is 2.85. The molecular weight excluding hydrogens is 296 g/mol. The van der Waals surface area contributed by atoms with Crippen molar-refractivity contribution in [1.29, 1.82) is 0 Å². The second kappa shape index (κ2) is 6.13. The number of aromatic nitrogens is 2. The number of hydrogen-bond acceptors (Lipinski definition) is 5. The largest absolute Gasteiger partial charge is 0.477 e. The zero-order chi connectivity index (χ0) is 15.6. The Morgan fingerprint density at radius 2 is 2.14 bits per heavy atom. The first-order valence-electron chi connectivity index (χ1n) is 7.57. The van der Waals surface area contributed by atoms with Gasteiger partial charge in [-0.3, -0.25) is 0 Å². The van der Waals surface area contributed by atoms with E-state index in [0.29, 0.717) is 23.6 Å². The Labute approximate surface area is 134 Å². The number of pyridine rings is 1. The molecular formula is C17H20N2O2S. The Kier molecular flexibility index (Phi) is 4.21. The second-order valence-electron chi connectivity index (χ2n) is 6.38. The van der Waals surface area contributed by atoms with Gasteiger partial charge in [0.1, 0.15) is 12.1 Å². The van der Waals surface area contributed by atoms with Gasteiger partial charge in [-0.05, 0) is 38.7 Å². The molecule has 0 N–H and O–H groups in total. The maximum atomic E-state index is 5.76. The highest BCUT2D eigenvalue weighted by Gasteiger charge is 2.19. The molecule has 0 radical (unpaired) electrons. The summed E-state index contributed by atoms with van der Waals surface area (Å²) in [6, 6.07) is 3.80. The number of nitrogens with zero attached hydrogens (tertiary/aromatic N) is 2. The topological polar surface area (TPSA) is 44.2 Å². The van der Waals surface area contributed by atoms with Gasteiger partial charge in [0.2, 0.25) is 5.88 Å². The van der Waals surface area contributed by atoms with Crippen LogP contribution in [0.5, 0.6) is 11.1 Å². The normalized spacial score (nSPS) is 15.3. The Balaban J connectivity index is 1.66. The van der Waals surface area contributed by atoms with E-state index in [-0.39, 0.29) is 5.41 Å². The van der Waals surface area contributed by atoms with E-state index < -0.39 is 0 Å². The molecule has 3 rings (SSSR count). The molecule has 0 aliphatic heterocycles. The first kappa shape index (κ1) is 15.1. The van der Waals surface area contributed by atoms with Crippen LogP contribution < -0.4 is 9.47 Å². The van der Waals surface area contributed by atoms with Crippen LogP contribution in [0.2, 0.25) is 0 Å². The summed E-state index contributed by atoms with van der Waals surface area (Å²) in [6.07, 6.45) is 9.33. The summed E-state index contributed by atoms with van der Waals surface area (Å²) in [5.41, 5.74) is 0.525. The Morgan fingerprint density at radius 1 is 1.32 bits per heavy atom. The molecule has 0 aromatic carbocycles. The van der Waals surface area contributed by atoms with Crippen molar-refractivity contribution in [1.82, 2.24) is 9.97 Å². The van der Waals surface area contributed by atoms with Crippen LogP contribution in [-0.2, 0) is 0 Å². The molecule has 0 saturated heterocycles. The quantitative estimate of drug-likeness (QED) is 0.758.